The topological polar surface area (TPSA) is 80.3 Å². The van der Waals surface area contributed by atoms with Crippen LogP contribution >= 0.6 is 0 Å². The molecule has 7 heteroatoms. The Balaban J connectivity index is 1.22. The monoisotopic (exact) mass is 414 g/mol. The molecule has 3 heterocycles. The number of aromatic amines is 1. The number of para-hydroxylation sites is 2. The van der Waals surface area contributed by atoms with Crippen molar-refractivity contribution in [3.05, 3.63) is 72.7 Å². The van der Waals surface area contributed by atoms with Crippen LogP contribution in [0.4, 0.5) is 0 Å². The number of aromatic nitrogens is 3. The van der Waals surface area contributed by atoms with E-state index in [1.54, 1.807) is 11.0 Å². The van der Waals surface area contributed by atoms with Crippen LogP contribution in [0.3, 0.4) is 0 Å². The zero-order valence-corrected chi connectivity index (χ0v) is 16.9. The Bertz CT molecular complexity index is 1240. The first kappa shape index (κ1) is 19.3. The van der Waals surface area contributed by atoms with E-state index in [1.165, 1.54) is 6.33 Å². The summed E-state index contributed by atoms with van der Waals surface area (Å²) in [4.78, 5) is 26.2. The highest BCUT2D eigenvalue weighted by molar-refractivity contribution is 5.96. The molecule has 0 bridgehead atoms. The van der Waals surface area contributed by atoms with Gasteiger partial charge in [0.1, 0.15) is 19.0 Å². The molecule has 1 N–H and O–H groups in total. The van der Waals surface area contributed by atoms with Crippen LogP contribution in [0.5, 0.6) is 5.88 Å². The summed E-state index contributed by atoms with van der Waals surface area (Å²) in [5.74, 6) is 0.489. The van der Waals surface area contributed by atoms with Gasteiger partial charge in [0.25, 0.3) is 0 Å². The summed E-state index contributed by atoms with van der Waals surface area (Å²) >= 11 is 0. The van der Waals surface area contributed by atoms with Crippen LogP contribution in [0.15, 0.2) is 67.1 Å². The van der Waals surface area contributed by atoms with Crippen molar-refractivity contribution in [1.82, 2.24) is 19.9 Å². The number of hydrogen-bond donors (Lipinski definition) is 1. The Morgan fingerprint density at radius 2 is 2.00 bits per heavy atom. The molecule has 1 unspecified atom stereocenters. The molecule has 156 valence electrons. The fourth-order valence-corrected chi connectivity index (χ4v) is 3.79. The van der Waals surface area contributed by atoms with Crippen molar-refractivity contribution < 1.29 is 14.3 Å². The normalized spacial score (nSPS) is 16.9. The number of amides is 1. The zero-order chi connectivity index (χ0) is 21.0. The number of fused-ring (bicyclic) bond motifs is 2. The van der Waals surface area contributed by atoms with E-state index in [9.17, 15) is 4.79 Å². The zero-order valence-electron chi connectivity index (χ0n) is 16.9. The Morgan fingerprint density at radius 3 is 2.94 bits per heavy atom. The third-order valence-electron chi connectivity index (χ3n) is 5.39. The lowest BCUT2D eigenvalue weighted by atomic mass is 10.1. The van der Waals surface area contributed by atoms with Crippen molar-refractivity contribution in [3.8, 4) is 5.88 Å². The molecular weight excluding hydrogens is 392 g/mol. The van der Waals surface area contributed by atoms with E-state index in [1.807, 2.05) is 60.8 Å². The van der Waals surface area contributed by atoms with E-state index < -0.39 is 0 Å². The van der Waals surface area contributed by atoms with E-state index in [0.717, 1.165) is 27.4 Å². The summed E-state index contributed by atoms with van der Waals surface area (Å²) in [5, 5.41) is 1.95. The lowest BCUT2D eigenvalue weighted by Gasteiger charge is -2.32. The van der Waals surface area contributed by atoms with E-state index in [0.29, 0.717) is 32.2 Å². The number of morpholine rings is 1. The molecule has 0 saturated carbocycles. The molecule has 0 spiro atoms. The maximum atomic E-state index is 12.7. The second-order valence-electron chi connectivity index (χ2n) is 7.41. The van der Waals surface area contributed by atoms with Gasteiger partial charge in [-0.2, -0.15) is 0 Å². The number of carbonyl (C=O) groups is 1. The molecule has 31 heavy (non-hydrogen) atoms. The molecule has 0 radical (unpaired) electrons. The Hall–Kier alpha value is -3.71. The molecule has 1 aliphatic rings. The number of ether oxygens (including phenoxy) is 2. The predicted octanol–water partition coefficient (Wildman–Crippen LogP) is 3.43. The maximum Gasteiger partial charge on any atom is 0.246 e. The number of hydrogen-bond acceptors (Lipinski definition) is 5. The van der Waals surface area contributed by atoms with Crippen LogP contribution in [-0.2, 0) is 9.53 Å². The average molecular weight is 414 g/mol. The largest absolute Gasteiger partial charge is 0.474 e. The number of nitrogens with zero attached hydrogens (tertiary/aromatic N) is 3. The number of nitrogens with one attached hydrogen (secondary N) is 1. The Morgan fingerprint density at radius 1 is 1.16 bits per heavy atom. The fraction of sp³-hybridized carbons (Fsp3) is 0.208. The van der Waals surface area contributed by atoms with E-state index in [2.05, 4.69) is 15.0 Å². The molecule has 1 aliphatic heterocycles. The van der Waals surface area contributed by atoms with Crippen LogP contribution in [0.25, 0.3) is 27.9 Å². The smallest absolute Gasteiger partial charge is 0.246 e. The molecule has 1 atom stereocenters. The van der Waals surface area contributed by atoms with Crippen molar-refractivity contribution in [3.63, 3.8) is 0 Å². The van der Waals surface area contributed by atoms with Gasteiger partial charge in [-0.15, -0.1) is 0 Å². The summed E-state index contributed by atoms with van der Waals surface area (Å²) in [6.07, 6.45) is 6.67. The van der Waals surface area contributed by atoms with Gasteiger partial charge in [-0.25, -0.2) is 9.97 Å². The lowest BCUT2D eigenvalue weighted by molar-refractivity contribution is -0.134. The quantitative estimate of drug-likeness (QED) is 0.506. The van der Waals surface area contributed by atoms with Crippen LogP contribution in [0.2, 0.25) is 0 Å². The molecule has 4 aromatic rings. The highest BCUT2D eigenvalue weighted by Gasteiger charge is 2.24. The standard InChI is InChI=1S/C24H22N4O3/c29-23(10-9-17-13-25-21-7-3-1-5-19(17)21)28-11-12-30-18(14-28)15-31-24-20-6-2-4-8-22(20)26-16-27-24/h1-10,13,16,18,25H,11-12,14-15H2/b10-9+. The van der Waals surface area contributed by atoms with Crippen molar-refractivity contribution in [1.29, 1.82) is 0 Å². The van der Waals surface area contributed by atoms with Gasteiger partial charge in [-0.05, 0) is 29.8 Å². The average Bonchev–Trinajstić information content (AvgIpc) is 3.24. The molecule has 1 saturated heterocycles. The summed E-state index contributed by atoms with van der Waals surface area (Å²) < 4.78 is 11.7. The van der Waals surface area contributed by atoms with E-state index in [4.69, 9.17) is 9.47 Å². The van der Waals surface area contributed by atoms with Gasteiger partial charge in [0.2, 0.25) is 11.8 Å². The molecule has 7 nitrogen and oxygen atoms in total. The predicted molar refractivity (Wildman–Crippen MR) is 119 cm³/mol. The minimum atomic E-state index is -0.215. The Labute approximate surface area is 179 Å². The van der Waals surface area contributed by atoms with Crippen LogP contribution in [-0.4, -0.2) is 58.2 Å². The first-order chi connectivity index (χ1) is 15.3. The van der Waals surface area contributed by atoms with Gasteiger partial charge in [-0.3, -0.25) is 4.79 Å². The summed E-state index contributed by atoms with van der Waals surface area (Å²) in [6, 6.07) is 15.7. The van der Waals surface area contributed by atoms with Crippen LogP contribution in [0.1, 0.15) is 5.56 Å². The van der Waals surface area contributed by atoms with Gasteiger partial charge in [-0.1, -0.05) is 30.3 Å². The van der Waals surface area contributed by atoms with Gasteiger partial charge >= 0.3 is 0 Å². The van der Waals surface area contributed by atoms with Crippen LogP contribution < -0.4 is 4.74 Å². The molecule has 1 amide bonds. The highest BCUT2D eigenvalue weighted by atomic mass is 16.5. The van der Waals surface area contributed by atoms with Crippen molar-refractivity contribution in [2.24, 2.45) is 0 Å². The summed E-state index contributed by atoms with van der Waals surface area (Å²) in [6.45, 7) is 1.83. The molecule has 1 fully saturated rings. The molecule has 5 rings (SSSR count). The minimum absolute atomic E-state index is 0.0360. The van der Waals surface area contributed by atoms with Crippen LogP contribution in [0, 0.1) is 0 Å². The van der Waals surface area contributed by atoms with E-state index in [-0.39, 0.29) is 12.0 Å². The summed E-state index contributed by atoms with van der Waals surface area (Å²) in [5.41, 5.74) is 2.87. The highest BCUT2D eigenvalue weighted by Crippen LogP contribution is 2.22. The molecule has 2 aromatic carbocycles. The summed E-state index contributed by atoms with van der Waals surface area (Å²) in [7, 11) is 0. The third-order valence-corrected chi connectivity index (χ3v) is 5.39. The van der Waals surface area contributed by atoms with Crippen molar-refractivity contribution >= 4 is 33.8 Å². The van der Waals surface area contributed by atoms with Gasteiger partial charge in [0.05, 0.1) is 24.1 Å². The second-order valence-corrected chi connectivity index (χ2v) is 7.41. The number of rotatable bonds is 5. The first-order valence-electron chi connectivity index (χ1n) is 10.3. The van der Waals surface area contributed by atoms with Gasteiger partial charge in [0.15, 0.2) is 0 Å². The van der Waals surface area contributed by atoms with Gasteiger partial charge in [0, 0.05) is 29.7 Å². The van der Waals surface area contributed by atoms with Crippen molar-refractivity contribution in [2.75, 3.05) is 26.3 Å². The molecule has 2 aromatic heterocycles. The molecular formula is C24H22N4O3. The minimum Gasteiger partial charge on any atom is -0.474 e. The fourth-order valence-electron chi connectivity index (χ4n) is 3.79. The maximum absolute atomic E-state index is 12.7. The van der Waals surface area contributed by atoms with E-state index >= 15 is 0 Å². The first-order valence-corrected chi connectivity index (χ1v) is 10.3. The third kappa shape index (κ3) is 4.13. The SMILES string of the molecule is O=C(/C=C/c1c[nH]c2ccccc12)N1CCOC(COc2ncnc3ccccc23)C1. The van der Waals surface area contributed by atoms with Gasteiger partial charge < -0.3 is 19.4 Å². The van der Waals surface area contributed by atoms with Crippen molar-refractivity contribution in [2.45, 2.75) is 6.10 Å². The number of carbonyl (C=O) groups excluding carboxylic acids is 1. The lowest BCUT2D eigenvalue weighted by Crippen LogP contribution is -2.47. The Kier molecular flexibility index (Phi) is 5.33. The second kappa shape index (κ2) is 8.57. The number of benzene rings is 2. The number of H-pyrrole nitrogens is 1. The molecule has 0 aliphatic carbocycles.